The predicted octanol–water partition coefficient (Wildman–Crippen LogP) is 4.05. The third kappa shape index (κ3) is 8.43. The second-order valence-corrected chi connectivity index (χ2v) is 13.4. The molecule has 3 N–H and O–H groups in total. The third-order valence-electron chi connectivity index (χ3n) is 7.13. The van der Waals surface area contributed by atoms with Crippen LogP contribution < -0.4 is 10.6 Å². The van der Waals surface area contributed by atoms with E-state index in [4.69, 9.17) is 4.74 Å². The van der Waals surface area contributed by atoms with Crippen molar-refractivity contribution < 1.29 is 29.0 Å². The lowest BCUT2D eigenvalue weighted by Crippen LogP contribution is -2.59. The van der Waals surface area contributed by atoms with Crippen LogP contribution in [0.25, 0.3) is 10.4 Å². The van der Waals surface area contributed by atoms with E-state index in [0.29, 0.717) is 0 Å². The minimum absolute atomic E-state index is 0.0562. The Bertz CT molecular complexity index is 1440. The number of thiazole rings is 1. The summed E-state index contributed by atoms with van der Waals surface area (Å²) >= 11 is 2.35. The second-order valence-electron chi connectivity index (χ2n) is 10.9. The minimum Gasteiger partial charge on any atom is -0.453 e. The molecule has 228 valence electrons. The van der Waals surface area contributed by atoms with Crippen LogP contribution in [-0.4, -0.2) is 67.5 Å². The number of nitrogens with one attached hydrogen (secondary N) is 2. The van der Waals surface area contributed by atoms with Gasteiger partial charge in [0.25, 0.3) is 0 Å². The van der Waals surface area contributed by atoms with Crippen LogP contribution in [0.5, 0.6) is 0 Å². The fourth-order valence-electron chi connectivity index (χ4n) is 4.89. The van der Waals surface area contributed by atoms with Gasteiger partial charge in [-0.05, 0) is 49.2 Å². The zero-order chi connectivity index (χ0) is 31.1. The van der Waals surface area contributed by atoms with Crippen LogP contribution in [0.1, 0.15) is 44.0 Å². The van der Waals surface area contributed by atoms with Crippen molar-refractivity contribution in [3.8, 4) is 10.4 Å². The summed E-state index contributed by atoms with van der Waals surface area (Å²) in [4.78, 5) is 58.6. The highest BCUT2D eigenvalue weighted by Crippen LogP contribution is 2.33. The van der Waals surface area contributed by atoms with E-state index < -0.39 is 46.0 Å². The number of likely N-dealkylation sites (tertiary alicyclic amines) is 1. The van der Waals surface area contributed by atoms with Gasteiger partial charge in [0.1, 0.15) is 18.7 Å². The van der Waals surface area contributed by atoms with Gasteiger partial charge in [-0.15, -0.1) is 11.3 Å². The topological polar surface area (TPSA) is 138 Å². The first-order valence-electron chi connectivity index (χ1n) is 13.9. The molecule has 1 aliphatic rings. The number of carbonyl (C=O) groups is 4. The third-order valence-corrected chi connectivity index (χ3v) is 9.15. The number of amides is 3. The largest absolute Gasteiger partial charge is 0.453 e. The van der Waals surface area contributed by atoms with Crippen molar-refractivity contribution in [3.05, 3.63) is 76.9 Å². The number of aryl methyl sites for hydroxylation is 1. The lowest BCUT2D eigenvalue weighted by molar-refractivity contribution is -0.142. The van der Waals surface area contributed by atoms with Gasteiger partial charge in [-0.3, -0.25) is 14.4 Å². The van der Waals surface area contributed by atoms with Crippen LogP contribution in [0.4, 0.5) is 4.79 Å². The van der Waals surface area contributed by atoms with Crippen LogP contribution in [-0.2, 0) is 32.3 Å². The average molecular weight is 625 g/mol. The molecule has 0 unspecified atom stereocenters. The number of β-amino-alcohol motifs (C(OH)–C–C–N with tert-alkyl or cyclic N) is 1. The summed E-state index contributed by atoms with van der Waals surface area (Å²) in [5.74, 6) is -1.45. The Morgan fingerprint density at radius 3 is 2.44 bits per heavy atom. The number of nitrogens with zero attached hydrogens (tertiary/aromatic N) is 2. The lowest BCUT2D eigenvalue weighted by Gasteiger charge is -2.36. The van der Waals surface area contributed by atoms with Crippen LogP contribution >= 0.6 is 23.1 Å². The van der Waals surface area contributed by atoms with E-state index >= 15 is 0 Å². The molecule has 12 heteroatoms. The number of rotatable bonds is 10. The highest BCUT2D eigenvalue weighted by atomic mass is 32.2. The van der Waals surface area contributed by atoms with Crippen molar-refractivity contribution in [2.24, 2.45) is 0 Å². The van der Waals surface area contributed by atoms with Crippen molar-refractivity contribution in [3.63, 3.8) is 0 Å². The van der Waals surface area contributed by atoms with Crippen LogP contribution in [0, 0.1) is 6.92 Å². The maximum absolute atomic E-state index is 13.9. The highest BCUT2D eigenvalue weighted by Gasteiger charge is 2.46. The normalized spacial score (nSPS) is 17.3. The molecular weight excluding hydrogens is 588 g/mol. The van der Waals surface area contributed by atoms with E-state index in [0.717, 1.165) is 39.0 Å². The Morgan fingerprint density at radius 1 is 1.12 bits per heavy atom. The molecule has 4 rings (SSSR count). The molecule has 0 saturated carbocycles. The molecule has 1 saturated heterocycles. The Labute approximate surface area is 259 Å². The van der Waals surface area contributed by atoms with E-state index in [-0.39, 0.29) is 26.1 Å². The fourth-order valence-corrected chi connectivity index (χ4v) is 6.52. The van der Waals surface area contributed by atoms with Gasteiger partial charge in [-0.1, -0.05) is 54.6 Å². The first-order valence-corrected chi connectivity index (χ1v) is 15.6. The summed E-state index contributed by atoms with van der Waals surface area (Å²) in [6.45, 7) is 6.76. The summed E-state index contributed by atoms with van der Waals surface area (Å²) in [5, 5.41) is 15.4. The fraction of sp³-hybridized carbons (Fsp3) is 0.387. The van der Waals surface area contributed by atoms with Crippen molar-refractivity contribution >= 4 is 46.1 Å². The molecule has 3 atom stereocenters. The predicted molar refractivity (Wildman–Crippen MR) is 166 cm³/mol. The Balaban J connectivity index is 1.41. The first kappa shape index (κ1) is 32.2. The highest BCUT2D eigenvalue weighted by molar-refractivity contribution is 8.14. The van der Waals surface area contributed by atoms with Gasteiger partial charge in [0.15, 0.2) is 0 Å². The number of hydrogen-bond acceptors (Lipinski definition) is 9. The standard InChI is InChI=1S/C31H36N4O6S2/c1-19-26(42-18-33-19)23-12-10-21(11-13-23)15-32-28(38)25-14-24(37)16-35(25)29(39)27(34-20(2)36)31(3,4)43-30(40)41-17-22-8-6-5-7-9-22/h5-13,18,24-25,27,37H,14-17H2,1-4H3,(H,32,38)(H,34,36)/t24-,25+,27-/m1/s1. The molecule has 0 spiro atoms. The number of aliphatic hydroxyl groups is 1. The molecule has 10 nitrogen and oxygen atoms in total. The van der Waals surface area contributed by atoms with Gasteiger partial charge in [0.05, 0.1) is 26.9 Å². The Kier molecular flexibility index (Phi) is 10.6. The maximum atomic E-state index is 13.9. The monoisotopic (exact) mass is 624 g/mol. The summed E-state index contributed by atoms with van der Waals surface area (Å²) in [6.07, 6.45) is -0.855. The molecule has 1 aliphatic heterocycles. The van der Waals surface area contributed by atoms with Crippen molar-refractivity contribution in [2.45, 2.75) is 70.2 Å². The number of aromatic nitrogens is 1. The lowest BCUT2D eigenvalue weighted by atomic mass is 10.0. The minimum atomic E-state index is -1.16. The number of thioether (sulfide) groups is 1. The number of hydrogen-bond donors (Lipinski definition) is 3. The summed E-state index contributed by atoms with van der Waals surface area (Å²) in [6, 6.07) is 14.9. The van der Waals surface area contributed by atoms with E-state index in [1.807, 2.05) is 61.5 Å². The van der Waals surface area contributed by atoms with Crippen molar-refractivity contribution in [1.82, 2.24) is 20.5 Å². The SMILES string of the molecule is CC(=O)N[C@H](C(=O)N1C[C@H](O)C[C@H]1C(=O)NCc1ccc(-c2scnc2C)cc1)C(C)(C)SC(=O)OCc1ccccc1. The van der Waals surface area contributed by atoms with E-state index in [1.165, 1.54) is 11.8 Å². The van der Waals surface area contributed by atoms with Gasteiger partial charge in [0, 0.05) is 26.4 Å². The average Bonchev–Trinajstić information content (AvgIpc) is 3.59. The maximum Gasteiger partial charge on any atom is 0.368 e. The molecule has 3 aromatic rings. The smallest absolute Gasteiger partial charge is 0.368 e. The Hall–Kier alpha value is -3.74. The van der Waals surface area contributed by atoms with Crippen molar-refractivity contribution in [1.29, 1.82) is 0 Å². The molecule has 1 aromatic heterocycles. The van der Waals surface area contributed by atoms with Gasteiger partial charge in [-0.2, -0.15) is 0 Å². The molecular formula is C31H36N4O6S2. The van der Waals surface area contributed by atoms with Crippen LogP contribution in [0.2, 0.25) is 0 Å². The number of benzene rings is 2. The van der Waals surface area contributed by atoms with Crippen LogP contribution in [0.15, 0.2) is 60.1 Å². The second kappa shape index (κ2) is 14.2. The molecule has 1 fully saturated rings. The summed E-state index contributed by atoms with van der Waals surface area (Å²) in [5.41, 5.74) is 5.49. The quantitative estimate of drug-likeness (QED) is 0.288. The number of ether oxygens (including phenoxy) is 1. The first-order chi connectivity index (χ1) is 20.4. The van der Waals surface area contributed by atoms with Gasteiger partial charge in [-0.25, -0.2) is 9.78 Å². The van der Waals surface area contributed by atoms with Gasteiger partial charge >= 0.3 is 5.30 Å². The van der Waals surface area contributed by atoms with Gasteiger partial charge < -0.3 is 25.4 Å². The Morgan fingerprint density at radius 2 is 1.81 bits per heavy atom. The van der Waals surface area contributed by atoms with E-state index in [2.05, 4.69) is 15.6 Å². The van der Waals surface area contributed by atoms with Crippen molar-refractivity contribution in [2.75, 3.05) is 6.54 Å². The summed E-state index contributed by atoms with van der Waals surface area (Å²) in [7, 11) is 0. The van der Waals surface area contributed by atoms with E-state index in [1.54, 1.807) is 30.7 Å². The molecule has 2 aromatic carbocycles. The zero-order valence-corrected chi connectivity index (χ0v) is 26.2. The molecule has 0 radical (unpaired) electrons. The van der Waals surface area contributed by atoms with Gasteiger partial charge in [0.2, 0.25) is 17.7 Å². The van der Waals surface area contributed by atoms with Crippen LogP contribution in [0.3, 0.4) is 0 Å². The molecule has 0 bridgehead atoms. The molecule has 2 heterocycles. The van der Waals surface area contributed by atoms with E-state index in [9.17, 15) is 24.3 Å². The molecule has 0 aliphatic carbocycles. The number of carbonyl (C=O) groups excluding carboxylic acids is 4. The number of aliphatic hydroxyl groups excluding tert-OH is 1. The zero-order valence-electron chi connectivity index (χ0n) is 24.5. The molecule has 3 amide bonds. The molecule has 43 heavy (non-hydrogen) atoms. The summed E-state index contributed by atoms with van der Waals surface area (Å²) < 4.78 is 4.25.